The third kappa shape index (κ3) is 6.89. The predicted molar refractivity (Wildman–Crippen MR) is 117 cm³/mol. The van der Waals surface area contributed by atoms with Crippen LogP contribution in [-0.2, 0) is 9.53 Å². The van der Waals surface area contributed by atoms with Crippen molar-refractivity contribution in [2.75, 3.05) is 57.9 Å². The fourth-order valence-electron chi connectivity index (χ4n) is 4.45. The summed E-state index contributed by atoms with van der Waals surface area (Å²) in [5.41, 5.74) is 1.29. The summed E-state index contributed by atoms with van der Waals surface area (Å²) < 4.78 is 10.4. The number of anilines is 1. The van der Waals surface area contributed by atoms with Crippen molar-refractivity contribution in [3.05, 3.63) is 24.3 Å². The summed E-state index contributed by atoms with van der Waals surface area (Å²) in [7, 11) is 1.71. The number of benzene rings is 1. The van der Waals surface area contributed by atoms with Crippen molar-refractivity contribution in [3.63, 3.8) is 0 Å². The van der Waals surface area contributed by atoms with Gasteiger partial charge in [-0.1, -0.05) is 0 Å². The first-order chi connectivity index (χ1) is 14.2. The van der Waals surface area contributed by atoms with Crippen molar-refractivity contribution in [1.82, 2.24) is 10.2 Å². The molecule has 29 heavy (non-hydrogen) atoms. The smallest absolute Gasteiger partial charge is 0.246 e. The number of carbonyl (C=O) groups excluding carboxylic acids is 1. The van der Waals surface area contributed by atoms with E-state index in [0.717, 1.165) is 50.7 Å². The Morgan fingerprint density at radius 3 is 2.38 bits per heavy atom. The molecule has 1 saturated heterocycles. The molecule has 0 bridgehead atoms. The highest BCUT2D eigenvalue weighted by molar-refractivity contribution is 5.77. The maximum absolute atomic E-state index is 11.8. The normalized spacial score (nSPS) is 23.0. The van der Waals surface area contributed by atoms with Gasteiger partial charge in [0.15, 0.2) is 0 Å². The lowest BCUT2D eigenvalue weighted by molar-refractivity contribution is -0.126. The Hall–Kier alpha value is -1.79. The fraction of sp³-hybridized carbons (Fsp3) is 0.696. The van der Waals surface area contributed by atoms with Gasteiger partial charge in [-0.05, 0) is 75.8 Å². The third-order valence-electron chi connectivity index (χ3n) is 6.31. The highest BCUT2D eigenvalue weighted by Crippen LogP contribution is 2.27. The topological polar surface area (TPSA) is 54.0 Å². The molecule has 0 spiro atoms. The van der Waals surface area contributed by atoms with E-state index in [2.05, 4.69) is 27.2 Å². The number of hydrogen-bond donors (Lipinski definition) is 1. The van der Waals surface area contributed by atoms with Crippen LogP contribution in [0.2, 0.25) is 0 Å². The predicted octanol–water partition coefficient (Wildman–Crippen LogP) is 2.92. The summed E-state index contributed by atoms with van der Waals surface area (Å²) in [5.74, 6) is 1.75. The summed E-state index contributed by atoms with van der Waals surface area (Å²) in [4.78, 5) is 16.9. The number of amides is 1. The van der Waals surface area contributed by atoms with Crippen molar-refractivity contribution in [2.45, 2.75) is 45.1 Å². The van der Waals surface area contributed by atoms with E-state index < -0.39 is 0 Å². The molecule has 3 rings (SSSR count). The van der Waals surface area contributed by atoms with Gasteiger partial charge in [-0.15, -0.1) is 0 Å². The van der Waals surface area contributed by atoms with E-state index in [1.807, 2.05) is 19.1 Å². The minimum Gasteiger partial charge on any atom is -0.497 e. The lowest BCUT2D eigenvalue weighted by atomic mass is 9.84. The zero-order chi connectivity index (χ0) is 20.5. The lowest BCUT2D eigenvalue weighted by Gasteiger charge is -2.37. The Morgan fingerprint density at radius 2 is 1.76 bits per heavy atom. The van der Waals surface area contributed by atoms with E-state index in [1.54, 1.807) is 7.11 Å². The molecule has 1 aromatic rings. The number of nitrogens with zero attached hydrogens (tertiary/aromatic N) is 2. The van der Waals surface area contributed by atoms with Gasteiger partial charge < -0.3 is 19.7 Å². The first kappa shape index (κ1) is 21.9. The van der Waals surface area contributed by atoms with E-state index in [0.29, 0.717) is 12.6 Å². The monoisotopic (exact) mass is 403 g/mol. The number of methoxy groups -OCH3 is 1. The van der Waals surface area contributed by atoms with Crippen molar-refractivity contribution < 1.29 is 14.3 Å². The molecule has 2 fully saturated rings. The number of piperazine rings is 1. The lowest BCUT2D eigenvalue weighted by Crippen LogP contribution is -2.47. The van der Waals surface area contributed by atoms with Gasteiger partial charge in [0, 0.05) is 44.5 Å². The van der Waals surface area contributed by atoms with E-state index in [1.165, 1.54) is 31.5 Å². The van der Waals surface area contributed by atoms with Crippen LogP contribution in [0.5, 0.6) is 5.75 Å². The van der Waals surface area contributed by atoms with Crippen LogP contribution in [-0.4, -0.2) is 69.9 Å². The van der Waals surface area contributed by atoms with Gasteiger partial charge in [-0.25, -0.2) is 0 Å². The van der Waals surface area contributed by atoms with Crippen molar-refractivity contribution in [2.24, 2.45) is 5.92 Å². The quantitative estimate of drug-likeness (QED) is 0.687. The van der Waals surface area contributed by atoms with Crippen LogP contribution in [0, 0.1) is 5.92 Å². The third-order valence-corrected chi connectivity index (χ3v) is 6.31. The van der Waals surface area contributed by atoms with E-state index >= 15 is 0 Å². The van der Waals surface area contributed by atoms with Crippen LogP contribution in [0.3, 0.4) is 0 Å². The van der Waals surface area contributed by atoms with Gasteiger partial charge >= 0.3 is 0 Å². The number of rotatable bonds is 9. The molecule has 2 aliphatic rings. The molecule has 1 N–H and O–H groups in total. The Bertz CT molecular complexity index is 606. The molecular formula is C23H37N3O3. The maximum atomic E-state index is 11.8. The zero-order valence-electron chi connectivity index (χ0n) is 18.1. The van der Waals surface area contributed by atoms with Gasteiger partial charge in [-0.2, -0.15) is 0 Å². The number of hydrogen-bond acceptors (Lipinski definition) is 5. The van der Waals surface area contributed by atoms with Gasteiger partial charge in [0.05, 0.1) is 7.11 Å². The van der Waals surface area contributed by atoms with Gasteiger partial charge in [-0.3, -0.25) is 9.69 Å². The summed E-state index contributed by atoms with van der Waals surface area (Å²) >= 11 is 0. The van der Waals surface area contributed by atoms with E-state index in [-0.39, 0.29) is 12.5 Å². The van der Waals surface area contributed by atoms with Crippen LogP contribution in [0.15, 0.2) is 24.3 Å². The summed E-state index contributed by atoms with van der Waals surface area (Å²) in [5, 5.41) is 3.12. The Balaban J connectivity index is 1.30. The maximum Gasteiger partial charge on any atom is 0.246 e. The minimum atomic E-state index is 0.0324. The van der Waals surface area contributed by atoms with Crippen LogP contribution >= 0.6 is 0 Å². The molecule has 0 atom stereocenters. The molecular weight excluding hydrogens is 366 g/mol. The summed E-state index contributed by atoms with van der Waals surface area (Å²) in [6, 6.07) is 8.72. The molecule has 0 radical (unpaired) electrons. The summed E-state index contributed by atoms with van der Waals surface area (Å²) in [6.07, 6.45) is 5.94. The molecule has 1 aromatic carbocycles. The molecule has 1 heterocycles. The molecule has 162 valence electrons. The molecule has 1 saturated carbocycles. The Labute approximate surface area is 175 Å². The van der Waals surface area contributed by atoms with E-state index in [9.17, 15) is 4.79 Å². The van der Waals surface area contributed by atoms with Crippen LogP contribution < -0.4 is 15.0 Å². The molecule has 0 unspecified atom stereocenters. The van der Waals surface area contributed by atoms with Crippen LogP contribution in [0.4, 0.5) is 5.69 Å². The average Bonchev–Trinajstić information content (AvgIpc) is 2.77. The number of ether oxygens (including phenoxy) is 2. The largest absolute Gasteiger partial charge is 0.497 e. The van der Waals surface area contributed by atoms with Crippen LogP contribution in [0.1, 0.15) is 39.0 Å². The van der Waals surface area contributed by atoms with Crippen molar-refractivity contribution >= 4 is 11.6 Å². The first-order valence-corrected chi connectivity index (χ1v) is 11.2. The van der Waals surface area contributed by atoms with E-state index in [4.69, 9.17) is 9.47 Å². The standard InChI is InChI=1S/C23H37N3O3/c1-3-29-18-23(27)24-20-6-4-19(5-7-20)12-13-25-14-16-26(17-15-25)21-8-10-22(28-2)11-9-21/h8-11,19-20H,3-7,12-18H2,1-2H3,(H,24,27). The highest BCUT2D eigenvalue weighted by atomic mass is 16.5. The Kier molecular flexibility index (Phi) is 8.62. The van der Waals surface area contributed by atoms with Gasteiger partial charge in [0.1, 0.15) is 12.4 Å². The molecule has 6 heteroatoms. The van der Waals surface area contributed by atoms with Crippen molar-refractivity contribution in [1.29, 1.82) is 0 Å². The second-order valence-electron chi connectivity index (χ2n) is 8.24. The molecule has 1 aliphatic carbocycles. The highest BCUT2D eigenvalue weighted by Gasteiger charge is 2.24. The first-order valence-electron chi connectivity index (χ1n) is 11.2. The van der Waals surface area contributed by atoms with Gasteiger partial charge in [0.25, 0.3) is 0 Å². The van der Waals surface area contributed by atoms with Crippen molar-refractivity contribution in [3.8, 4) is 5.75 Å². The SMILES string of the molecule is CCOCC(=O)NC1CCC(CCN2CCN(c3ccc(OC)cc3)CC2)CC1. The summed E-state index contributed by atoms with van der Waals surface area (Å²) in [6.45, 7) is 8.34. The second-order valence-corrected chi connectivity index (χ2v) is 8.24. The number of nitrogens with one attached hydrogen (secondary N) is 1. The Morgan fingerprint density at radius 1 is 1.07 bits per heavy atom. The van der Waals surface area contributed by atoms with Crippen LogP contribution in [0.25, 0.3) is 0 Å². The molecule has 1 aliphatic heterocycles. The number of carbonyl (C=O) groups is 1. The minimum absolute atomic E-state index is 0.0324. The second kappa shape index (κ2) is 11.4. The molecule has 0 aromatic heterocycles. The molecule has 6 nitrogen and oxygen atoms in total. The average molecular weight is 404 g/mol. The zero-order valence-corrected chi connectivity index (χ0v) is 18.1. The van der Waals surface area contributed by atoms with Gasteiger partial charge in [0.2, 0.25) is 5.91 Å². The molecule has 1 amide bonds. The fourth-order valence-corrected chi connectivity index (χ4v) is 4.45.